The molecule has 0 aromatic heterocycles. The maximum absolute atomic E-state index is 10.9. The number of thioether (sulfide) groups is 2. The van der Waals surface area contributed by atoms with Crippen molar-refractivity contribution in [2.24, 2.45) is 0 Å². The molecule has 0 radical (unpaired) electrons. The van der Waals surface area contributed by atoms with Gasteiger partial charge in [0, 0.05) is 25.2 Å². The van der Waals surface area contributed by atoms with Gasteiger partial charge in [-0.1, -0.05) is 23.5 Å². The van der Waals surface area contributed by atoms with E-state index in [1.54, 1.807) is 9.80 Å². The molecule has 8 nitrogen and oxygen atoms in total. The van der Waals surface area contributed by atoms with Crippen molar-refractivity contribution >= 4 is 45.7 Å². The Morgan fingerprint density at radius 2 is 1.19 bits per heavy atom. The summed E-state index contributed by atoms with van der Waals surface area (Å²) in [6.07, 6.45) is 4.02. The molecule has 128 valence electrons. The SMILES string of the molecule is O=C1C=C(C(=O)[O-])N2CCC2S1.O=C1C=C(C(=O)[O-])N2CCC2S1.[Na+].[Na+]. The third-order valence-electron chi connectivity index (χ3n) is 3.98. The van der Waals surface area contributed by atoms with Crippen LogP contribution in [0.2, 0.25) is 0 Å². The number of hydrogen-bond donors (Lipinski definition) is 0. The Hall–Kier alpha value is 0.0600. The Bertz CT molecular complexity index is 641. The average Bonchev–Trinajstić information content (AvgIpc) is 2.45. The number of carboxylic acids is 2. The topological polar surface area (TPSA) is 121 Å². The van der Waals surface area contributed by atoms with Crippen molar-refractivity contribution in [3.8, 4) is 0 Å². The second-order valence-corrected chi connectivity index (χ2v) is 7.75. The molecule has 4 aliphatic heterocycles. The van der Waals surface area contributed by atoms with E-state index in [1.165, 1.54) is 23.5 Å². The van der Waals surface area contributed by atoms with Gasteiger partial charge in [0.2, 0.25) is 10.2 Å². The molecule has 2 atom stereocenters. The van der Waals surface area contributed by atoms with Gasteiger partial charge in [0.15, 0.2) is 0 Å². The van der Waals surface area contributed by atoms with Gasteiger partial charge < -0.3 is 29.6 Å². The van der Waals surface area contributed by atoms with Crippen LogP contribution in [0.3, 0.4) is 0 Å². The average molecular weight is 414 g/mol. The van der Waals surface area contributed by atoms with Crippen LogP contribution >= 0.6 is 23.5 Å². The van der Waals surface area contributed by atoms with E-state index >= 15 is 0 Å². The van der Waals surface area contributed by atoms with Crippen LogP contribution in [-0.2, 0) is 19.2 Å². The molecule has 0 aliphatic carbocycles. The molecule has 0 saturated carbocycles. The van der Waals surface area contributed by atoms with Crippen LogP contribution in [0.4, 0.5) is 0 Å². The molecule has 0 spiro atoms. The van der Waals surface area contributed by atoms with E-state index in [4.69, 9.17) is 0 Å². The molecule has 0 bridgehead atoms. The molecule has 4 aliphatic rings. The van der Waals surface area contributed by atoms with Crippen LogP contribution in [-0.4, -0.2) is 55.8 Å². The van der Waals surface area contributed by atoms with E-state index < -0.39 is 11.9 Å². The Balaban J connectivity index is 0.000000241. The summed E-state index contributed by atoms with van der Waals surface area (Å²) in [6, 6.07) is 0. The zero-order valence-corrected chi connectivity index (χ0v) is 19.9. The second-order valence-electron chi connectivity index (χ2n) is 5.38. The molecule has 0 aromatic carbocycles. The summed E-state index contributed by atoms with van der Waals surface area (Å²) in [4.78, 5) is 46.3. The minimum Gasteiger partial charge on any atom is -0.543 e. The standard InChI is InChI=1S/2C7H7NO3S.2Na/c2*9-6-3-4(7(10)11)8-2-1-5(8)12-6;;/h2*3,5H,1-2H2,(H,10,11);;/q;;2*+1/p-2. The normalized spacial score (nSPS) is 25.2. The molecular weight excluding hydrogens is 402 g/mol. The number of carbonyl (C=O) groups is 4. The zero-order chi connectivity index (χ0) is 17.4. The Morgan fingerprint density at radius 3 is 1.42 bits per heavy atom. The van der Waals surface area contributed by atoms with Gasteiger partial charge in [-0.3, -0.25) is 9.59 Å². The summed E-state index contributed by atoms with van der Waals surface area (Å²) in [5.41, 5.74) is 0.0741. The predicted molar refractivity (Wildman–Crippen MR) is 81.6 cm³/mol. The van der Waals surface area contributed by atoms with E-state index in [9.17, 15) is 29.4 Å². The molecule has 2 unspecified atom stereocenters. The number of fused-ring (bicyclic) bond motifs is 2. The number of hydrogen-bond acceptors (Lipinski definition) is 10. The molecule has 26 heavy (non-hydrogen) atoms. The molecule has 0 amide bonds. The smallest absolute Gasteiger partial charge is 0.543 e. The summed E-state index contributed by atoms with van der Waals surface area (Å²) >= 11 is 2.35. The summed E-state index contributed by atoms with van der Waals surface area (Å²) in [6.45, 7) is 1.43. The minimum atomic E-state index is -1.26. The van der Waals surface area contributed by atoms with Gasteiger partial charge in [-0.25, -0.2) is 0 Å². The minimum absolute atomic E-state index is 0. The van der Waals surface area contributed by atoms with Gasteiger partial charge in [-0.15, -0.1) is 0 Å². The third kappa shape index (κ3) is 5.11. The molecule has 2 saturated heterocycles. The first-order chi connectivity index (χ1) is 11.4. The van der Waals surface area contributed by atoms with Gasteiger partial charge in [0.1, 0.15) is 0 Å². The zero-order valence-electron chi connectivity index (χ0n) is 14.3. The van der Waals surface area contributed by atoms with Gasteiger partial charge in [0.25, 0.3) is 0 Å². The van der Waals surface area contributed by atoms with Crippen LogP contribution in [0.25, 0.3) is 0 Å². The van der Waals surface area contributed by atoms with Crippen LogP contribution in [0.1, 0.15) is 12.8 Å². The number of nitrogens with zero attached hydrogens (tertiary/aromatic N) is 2. The maximum atomic E-state index is 10.9. The van der Waals surface area contributed by atoms with Crippen LogP contribution in [0, 0.1) is 0 Å². The van der Waals surface area contributed by atoms with Crippen molar-refractivity contribution in [2.45, 2.75) is 23.6 Å². The van der Waals surface area contributed by atoms with E-state index in [0.717, 1.165) is 25.0 Å². The molecule has 0 aromatic rings. The Morgan fingerprint density at radius 1 is 0.846 bits per heavy atom. The summed E-state index contributed by atoms with van der Waals surface area (Å²) in [5, 5.41) is 20.7. The number of carbonyl (C=O) groups excluding carboxylic acids is 4. The van der Waals surface area contributed by atoms with Crippen molar-refractivity contribution < 1.29 is 88.5 Å². The van der Waals surface area contributed by atoms with E-state index in [2.05, 4.69) is 0 Å². The van der Waals surface area contributed by atoms with Gasteiger partial charge in [-0.05, 0) is 12.8 Å². The molecule has 4 rings (SSSR count). The van der Waals surface area contributed by atoms with E-state index in [-0.39, 0.29) is 91.5 Å². The van der Waals surface area contributed by atoms with E-state index in [1.807, 2.05) is 0 Å². The number of aliphatic carboxylic acids is 2. The molecule has 12 heteroatoms. The Labute approximate surface area is 202 Å². The van der Waals surface area contributed by atoms with Crippen molar-refractivity contribution in [1.82, 2.24) is 9.80 Å². The maximum Gasteiger partial charge on any atom is 1.00 e. The first kappa shape index (κ1) is 24.1. The molecule has 4 heterocycles. The van der Waals surface area contributed by atoms with Gasteiger partial charge in [-0.2, -0.15) is 0 Å². The largest absolute Gasteiger partial charge is 1.00 e. The molecular formula is C14H12N2Na2O6S2. The molecule has 0 N–H and O–H groups in total. The monoisotopic (exact) mass is 414 g/mol. The Kier molecular flexibility index (Phi) is 9.28. The second kappa shape index (κ2) is 10.0. The van der Waals surface area contributed by atoms with Gasteiger partial charge in [0.05, 0.1) is 34.1 Å². The van der Waals surface area contributed by atoms with Crippen molar-refractivity contribution in [2.75, 3.05) is 13.1 Å². The quantitative estimate of drug-likeness (QED) is 0.403. The van der Waals surface area contributed by atoms with Crippen LogP contribution in [0.5, 0.6) is 0 Å². The van der Waals surface area contributed by atoms with Crippen LogP contribution in [0.15, 0.2) is 23.5 Å². The third-order valence-corrected chi connectivity index (χ3v) is 6.20. The van der Waals surface area contributed by atoms with E-state index in [0.29, 0.717) is 13.1 Å². The fourth-order valence-electron chi connectivity index (χ4n) is 2.60. The van der Waals surface area contributed by atoms with Crippen molar-refractivity contribution in [3.05, 3.63) is 23.5 Å². The fourth-order valence-corrected chi connectivity index (χ4v) is 4.64. The predicted octanol–water partition coefficient (Wildman–Crippen LogP) is -8.14. The first-order valence-corrected chi connectivity index (χ1v) is 8.93. The van der Waals surface area contributed by atoms with Crippen molar-refractivity contribution in [1.29, 1.82) is 0 Å². The van der Waals surface area contributed by atoms with Crippen molar-refractivity contribution in [3.63, 3.8) is 0 Å². The van der Waals surface area contributed by atoms with Gasteiger partial charge >= 0.3 is 59.1 Å². The van der Waals surface area contributed by atoms with Crippen LogP contribution < -0.4 is 69.3 Å². The fraction of sp³-hybridized carbons (Fsp3) is 0.429. The summed E-state index contributed by atoms with van der Waals surface area (Å²) in [5.74, 6) is -2.51. The summed E-state index contributed by atoms with van der Waals surface area (Å²) < 4.78 is 0. The summed E-state index contributed by atoms with van der Waals surface area (Å²) in [7, 11) is 0. The number of carboxylic acid groups (broad SMARTS) is 2. The number of rotatable bonds is 2. The first-order valence-electron chi connectivity index (χ1n) is 7.17. The molecule has 2 fully saturated rings.